The average Bonchev–Trinajstić information content (AvgIpc) is 2.87. The third-order valence-corrected chi connectivity index (χ3v) is 6.26. The summed E-state index contributed by atoms with van der Waals surface area (Å²) in [6, 6.07) is 0. The molecule has 3 aliphatic rings. The van der Waals surface area contributed by atoms with E-state index in [4.69, 9.17) is 14.4 Å². The monoisotopic (exact) mass is 366 g/mol. The van der Waals surface area contributed by atoms with Gasteiger partial charge in [-0.3, -0.25) is 5.26 Å². The molecule has 2 fully saturated rings. The first-order chi connectivity index (χ1) is 12.2. The van der Waals surface area contributed by atoms with Gasteiger partial charge in [0.05, 0.1) is 17.8 Å². The van der Waals surface area contributed by atoms with Crippen molar-refractivity contribution in [1.82, 2.24) is 0 Å². The predicted octanol–water partition coefficient (Wildman–Crippen LogP) is 3.01. The lowest BCUT2D eigenvalue weighted by Gasteiger charge is -2.45. The predicted molar refractivity (Wildman–Crippen MR) is 95.3 cm³/mol. The Balaban J connectivity index is 1.91. The largest absolute Gasteiger partial charge is 0.456 e. The van der Waals surface area contributed by atoms with E-state index in [1.807, 2.05) is 13.0 Å². The molecule has 2 bridgehead atoms. The molecule has 7 atom stereocenters. The molecule has 0 aromatic rings. The highest BCUT2D eigenvalue weighted by Gasteiger charge is 2.53. The van der Waals surface area contributed by atoms with Gasteiger partial charge in [0.1, 0.15) is 11.7 Å². The second kappa shape index (κ2) is 7.08. The zero-order valence-corrected chi connectivity index (χ0v) is 15.8. The third kappa shape index (κ3) is 3.60. The molecule has 26 heavy (non-hydrogen) atoms. The minimum absolute atomic E-state index is 0.113. The summed E-state index contributed by atoms with van der Waals surface area (Å²) in [6.07, 6.45) is 5.76. The smallest absolute Gasteiger partial charge is 0.334 e. The first-order valence-corrected chi connectivity index (χ1v) is 9.45. The van der Waals surface area contributed by atoms with Gasteiger partial charge in [-0.05, 0) is 51.9 Å². The Bertz CT molecular complexity index is 597. The molecule has 0 saturated carbocycles. The van der Waals surface area contributed by atoms with Crippen LogP contribution in [0.25, 0.3) is 0 Å². The first-order valence-electron chi connectivity index (χ1n) is 9.45. The minimum Gasteiger partial charge on any atom is -0.456 e. The number of hydrogen-bond donors (Lipinski definition) is 2. The van der Waals surface area contributed by atoms with Crippen LogP contribution in [-0.4, -0.2) is 45.8 Å². The molecular formula is C20H30O6. The maximum absolute atomic E-state index is 12.0. The van der Waals surface area contributed by atoms with Crippen molar-refractivity contribution in [3.05, 3.63) is 24.3 Å². The van der Waals surface area contributed by atoms with Gasteiger partial charge in [-0.25, -0.2) is 9.68 Å². The number of carbonyl (C=O) groups excluding carboxylic acids is 1. The SMILES string of the molecule is C=C1C(=O)OC2C3OC(C[C@@H]12)C(C)(O)C/C=C/[C@@](C)(OO)CCCC3C. The van der Waals surface area contributed by atoms with E-state index >= 15 is 0 Å². The van der Waals surface area contributed by atoms with E-state index < -0.39 is 17.3 Å². The van der Waals surface area contributed by atoms with Gasteiger partial charge in [-0.15, -0.1) is 0 Å². The molecule has 2 saturated heterocycles. The molecule has 3 aliphatic heterocycles. The van der Waals surface area contributed by atoms with Crippen LogP contribution in [0.15, 0.2) is 24.3 Å². The molecule has 0 amide bonds. The summed E-state index contributed by atoms with van der Waals surface area (Å²) in [4.78, 5) is 16.7. The van der Waals surface area contributed by atoms with Gasteiger partial charge in [-0.2, -0.15) is 0 Å². The fourth-order valence-electron chi connectivity index (χ4n) is 4.39. The second-order valence-electron chi connectivity index (χ2n) is 8.56. The second-order valence-corrected chi connectivity index (χ2v) is 8.56. The highest BCUT2D eigenvalue weighted by Crippen LogP contribution is 2.44. The van der Waals surface area contributed by atoms with Crippen molar-refractivity contribution < 1.29 is 29.5 Å². The third-order valence-electron chi connectivity index (χ3n) is 6.26. The Morgan fingerprint density at radius 3 is 2.77 bits per heavy atom. The van der Waals surface area contributed by atoms with Crippen LogP contribution in [0.1, 0.15) is 52.9 Å². The van der Waals surface area contributed by atoms with Gasteiger partial charge in [0, 0.05) is 11.5 Å². The van der Waals surface area contributed by atoms with Crippen molar-refractivity contribution in [1.29, 1.82) is 0 Å². The standard InChI is InChI=1S/C20H30O6/c1-12-7-5-8-19(3,26-23)9-6-10-20(4,22)15-11-14-13(2)18(21)25-17(14)16(12)24-15/h6,9,12,14-17,22-23H,2,5,7-8,10-11H2,1,3-4H3/b9-6+/t12?,14-,15?,16?,17?,19-,20?/m0/s1. The lowest BCUT2D eigenvalue weighted by atomic mass is 9.76. The van der Waals surface area contributed by atoms with Crippen LogP contribution in [0.3, 0.4) is 0 Å². The molecule has 0 aromatic carbocycles. The fraction of sp³-hybridized carbons (Fsp3) is 0.750. The Morgan fingerprint density at radius 2 is 2.08 bits per heavy atom. The lowest BCUT2D eigenvalue weighted by Crippen LogP contribution is -2.54. The molecule has 5 unspecified atom stereocenters. The maximum Gasteiger partial charge on any atom is 0.334 e. The van der Waals surface area contributed by atoms with Crippen LogP contribution in [0.4, 0.5) is 0 Å². The number of rotatable bonds is 1. The zero-order chi connectivity index (χ0) is 19.1. The summed E-state index contributed by atoms with van der Waals surface area (Å²) in [5, 5.41) is 20.3. The number of aliphatic hydroxyl groups is 1. The van der Waals surface area contributed by atoms with Gasteiger partial charge >= 0.3 is 5.97 Å². The van der Waals surface area contributed by atoms with Crippen molar-refractivity contribution in [2.24, 2.45) is 11.8 Å². The molecular weight excluding hydrogens is 336 g/mol. The summed E-state index contributed by atoms with van der Waals surface area (Å²) in [6.45, 7) is 9.55. The van der Waals surface area contributed by atoms with Crippen LogP contribution in [0.5, 0.6) is 0 Å². The molecule has 3 heterocycles. The summed E-state index contributed by atoms with van der Waals surface area (Å²) >= 11 is 0. The Kier molecular flexibility index (Phi) is 5.32. The van der Waals surface area contributed by atoms with E-state index in [9.17, 15) is 15.2 Å². The van der Waals surface area contributed by atoms with E-state index in [0.29, 0.717) is 24.8 Å². The average molecular weight is 366 g/mol. The van der Waals surface area contributed by atoms with E-state index in [0.717, 1.165) is 12.8 Å². The molecule has 3 rings (SSSR count). The molecule has 146 valence electrons. The number of carbonyl (C=O) groups is 1. The number of esters is 1. The molecule has 0 aromatic heterocycles. The highest BCUT2D eigenvalue weighted by atomic mass is 17.1. The normalized spacial score (nSPS) is 48.1. The quantitative estimate of drug-likeness (QED) is 0.244. The minimum atomic E-state index is -1.11. The zero-order valence-electron chi connectivity index (χ0n) is 15.8. The van der Waals surface area contributed by atoms with Gasteiger partial charge in [0.15, 0.2) is 0 Å². The first kappa shape index (κ1) is 19.5. The molecule has 0 radical (unpaired) electrons. The van der Waals surface area contributed by atoms with Crippen LogP contribution in [0.2, 0.25) is 0 Å². The van der Waals surface area contributed by atoms with Gasteiger partial charge < -0.3 is 14.6 Å². The highest BCUT2D eigenvalue weighted by molar-refractivity contribution is 5.91. The Labute approximate surface area is 154 Å². The van der Waals surface area contributed by atoms with E-state index in [2.05, 4.69) is 13.5 Å². The van der Waals surface area contributed by atoms with Crippen LogP contribution < -0.4 is 0 Å². The summed E-state index contributed by atoms with van der Waals surface area (Å²) < 4.78 is 11.9. The van der Waals surface area contributed by atoms with Crippen molar-refractivity contribution in [3.63, 3.8) is 0 Å². The van der Waals surface area contributed by atoms with E-state index in [1.54, 1.807) is 13.0 Å². The summed E-state index contributed by atoms with van der Waals surface area (Å²) in [5.74, 6) is -0.337. The molecule has 2 N–H and O–H groups in total. The van der Waals surface area contributed by atoms with Crippen LogP contribution in [0, 0.1) is 11.8 Å². The van der Waals surface area contributed by atoms with Gasteiger partial charge in [-0.1, -0.05) is 25.7 Å². The molecule has 0 aliphatic carbocycles. The number of ether oxygens (including phenoxy) is 2. The number of fused-ring (bicyclic) bond motifs is 4. The van der Waals surface area contributed by atoms with Crippen molar-refractivity contribution in [2.45, 2.75) is 82.4 Å². The lowest BCUT2D eigenvalue weighted by molar-refractivity contribution is -0.304. The number of hydrogen-bond acceptors (Lipinski definition) is 6. The molecule has 6 nitrogen and oxygen atoms in total. The van der Waals surface area contributed by atoms with Crippen molar-refractivity contribution >= 4 is 5.97 Å². The summed E-state index contributed by atoms with van der Waals surface area (Å²) in [7, 11) is 0. The van der Waals surface area contributed by atoms with Gasteiger partial charge in [0.2, 0.25) is 0 Å². The van der Waals surface area contributed by atoms with E-state index in [1.165, 1.54) is 0 Å². The van der Waals surface area contributed by atoms with Crippen LogP contribution in [-0.2, 0) is 19.2 Å². The van der Waals surface area contributed by atoms with E-state index in [-0.39, 0.29) is 30.0 Å². The maximum atomic E-state index is 12.0. The Hall–Kier alpha value is -1.21. The van der Waals surface area contributed by atoms with Gasteiger partial charge in [0.25, 0.3) is 0 Å². The van der Waals surface area contributed by atoms with Crippen molar-refractivity contribution in [2.75, 3.05) is 0 Å². The summed E-state index contributed by atoms with van der Waals surface area (Å²) in [5.41, 5.74) is -1.40. The molecule has 0 spiro atoms. The van der Waals surface area contributed by atoms with Crippen LogP contribution >= 0.6 is 0 Å². The Morgan fingerprint density at radius 1 is 1.35 bits per heavy atom. The fourth-order valence-corrected chi connectivity index (χ4v) is 4.39. The molecule has 6 heteroatoms. The van der Waals surface area contributed by atoms with Crippen molar-refractivity contribution in [3.8, 4) is 0 Å². The topological polar surface area (TPSA) is 85.2 Å².